The molecule has 0 aromatic heterocycles. The molecule has 17 heavy (non-hydrogen) atoms. The minimum Gasteiger partial charge on any atom is -0.299 e. The summed E-state index contributed by atoms with van der Waals surface area (Å²) in [6.07, 6.45) is 1.20. The van der Waals surface area contributed by atoms with Crippen LogP contribution in [0.3, 0.4) is 0 Å². The quantitative estimate of drug-likeness (QED) is 0.773. The van der Waals surface area contributed by atoms with Gasteiger partial charge in [-0.3, -0.25) is 9.80 Å². The van der Waals surface area contributed by atoms with Gasteiger partial charge in [0.2, 0.25) is 10.0 Å². The lowest BCUT2D eigenvalue weighted by atomic mass is 10.1. The first-order chi connectivity index (χ1) is 7.68. The van der Waals surface area contributed by atoms with Crippen molar-refractivity contribution >= 4 is 10.0 Å². The van der Waals surface area contributed by atoms with Gasteiger partial charge in [-0.05, 0) is 20.8 Å². The summed E-state index contributed by atoms with van der Waals surface area (Å²) in [5.74, 6) is 0. The van der Waals surface area contributed by atoms with E-state index in [2.05, 4.69) is 35.3 Å². The highest BCUT2D eigenvalue weighted by Gasteiger charge is 2.25. The lowest BCUT2D eigenvalue weighted by Crippen LogP contribution is -2.54. The predicted octanol–water partition coefficient (Wildman–Crippen LogP) is -0.0483. The van der Waals surface area contributed by atoms with E-state index in [1.165, 1.54) is 6.26 Å². The summed E-state index contributed by atoms with van der Waals surface area (Å²) in [4.78, 5) is 4.77. The van der Waals surface area contributed by atoms with Crippen LogP contribution in [0.2, 0.25) is 0 Å². The summed E-state index contributed by atoms with van der Waals surface area (Å²) in [5, 5.41) is 0. The number of nitrogens with zero attached hydrogens (tertiary/aromatic N) is 2. The van der Waals surface area contributed by atoms with Crippen LogP contribution < -0.4 is 4.72 Å². The van der Waals surface area contributed by atoms with Crippen molar-refractivity contribution in [2.24, 2.45) is 0 Å². The Morgan fingerprint density at radius 2 is 1.65 bits per heavy atom. The lowest BCUT2D eigenvalue weighted by Gasteiger charge is -2.42. The van der Waals surface area contributed by atoms with Crippen LogP contribution >= 0.6 is 0 Å². The van der Waals surface area contributed by atoms with Crippen molar-refractivity contribution < 1.29 is 8.42 Å². The van der Waals surface area contributed by atoms with E-state index in [1.54, 1.807) is 0 Å². The van der Waals surface area contributed by atoms with Gasteiger partial charge in [0.25, 0.3) is 0 Å². The number of hydrogen-bond acceptors (Lipinski definition) is 4. The maximum absolute atomic E-state index is 10.9. The normalized spacial score (nSPS) is 20.7. The molecule has 0 unspecified atom stereocenters. The van der Waals surface area contributed by atoms with E-state index < -0.39 is 10.0 Å². The highest BCUT2D eigenvalue weighted by atomic mass is 32.2. The van der Waals surface area contributed by atoms with Crippen molar-refractivity contribution in [3.8, 4) is 0 Å². The Kier molecular flexibility index (Phi) is 4.95. The van der Waals surface area contributed by atoms with Crippen molar-refractivity contribution in [1.82, 2.24) is 14.5 Å². The Balaban J connectivity index is 2.24. The minimum absolute atomic E-state index is 0.233. The number of sulfonamides is 1. The second kappa shape index (κ2) is 5.65. The second-order valence-electron chi connectivity index (χ2n) is 5.67. The first-order valence-electron chi connectivity index (χ1n) is 6.10. The zero-order chi connectivity index (χ0) is 13.1. The van der Waals surface area contributed by atoms with E-state index in [-0.39, 0.29) is 5.54 Å². The molecule has 0 aromatic carbocycles. The van der Waals surface area contributed by atoms with E-state index in [9.17, 15) is 8.42 Å². The van der Waals surface area contributed by atoms with Crippen LogP contribution in [0.15, 0.2) is 0 Å². The molecular weight excluding hydrogens is 238 g/mol. The smallest absolute Gasteiger partial charge is 0.208 e. The largest absolute Gasteiger partial charge is 0.299 e. The highest BCUT2D eigenvalue weighted by Crippen LogP contribution is 2.15. The molecule has 0 atom stereocenters. The van der Waals surface area contributed by atoms with E-state index in [4.69, 9.17) is 0 Å². The van der Waals surface area contributed by atoms with Crippen LogP contribution in [0.5, 0.6) is 0 Å². The summed E-state index contributed by atoms with van der Waals surface area (Å²) in [7, 11) is -3.05. The zero-order valence-corrected chi connectivity index (χ0v) is 12.2. The Labute approximate surface area is 105 Å². The first-order valence-corrected chi connectivity index (χ1v) is 8.00. The van der Waals surface area contributed by atoms with Gasteiger partial charge < -0.3 is 0 Å². The molecule has 5 nitrogen and oxygen atoms in total. The number of rotatable bonds is 4. The van der Waals surface area contributed by atoms with E-state index in [0.29, 0.717) is 6.54 Å². The molecule has 1 saturated heterocycles. The molecule has 1 aliphatic heterocycles. The molecule has 0 saturated carbocycles. The van der Waals surface area contributed by atoms with Crippen LogP contribution in [0.4, 0.5) is 0 Å². The summed E-state index contributed by atoms with van der Waals surface area (Å²) in [5.41, 5.74) is 0.233. The molecule has 0 radical (unpaired) electrons. The SMILES string of the molecule is CC(C)(C)N1CCN(CCNS(C)(=O)=O)CC1. The van der Waals surface area contributed by atoms with Crippen LogP contribution in [-0.2, 0) is 10.0 Å². The fourth-order valence-electron chi connectivity index (χ4n) is 2.03. The number of piperazine rings is 1. The zero-order valence-electron chi connectivity index (χ0n) is 11.4. The van der Waals surface area contributed by atoms with Crippen molar-refractivity contribution in [1.29, 1.82) is 0 Å². The summed E-state index contributed by atoms with van der Waals surface area (Å²) in [6, 6.07) is 0. The molecule has 0 aromatic rings. The van der Waals surface area contributed by atoms with Gasteiger partial charge in [-0.2, -0.15) is 0 Å². The standard InChI is InChI=1S/C11H25N3O2S/c1-11(2,3)14-9-7-13(8-10-14)6-5-12-17(4,15)16/h12H,5-10H2,1-4H3. The molecule has 0 aliphatic carbocycles. The third kappa shape index (κ3) is 5.81. The minimum atomic E-state index is -3.05. The van der Waals surface area contributed by atoms with Crippen molar-refractivity contribution in [3.63, 3.8) is 0 Å². The molecule has 1 fully saturated rings. The summed E-state index contributed by atoms with van der Waals surface area (Å²) >= 11 is 0. The van der Waals surface area contributed by atoms with Gasteiger partial charge >= 0.3 is 0 Å². The van der Waals surface area contributed by atoms with Crippen LogP contribution in [0, 0.1) is 0 Å². The Morgan fingerprint density at radius 3 is 2.06 bits per heavy atom. The number of hydrogen-bond donors (Lipinski definition) is 1. The van der Waals surface area contributed by atoms with Gasteiger partial charge in [0.1, 0.15) is 0 Å². The van der Waals surface area contributed by atoms with Gasteiger partial charge in [-0.15, -0.1) is 0 Å². The van der Waals surface area contributed by atoms with Crippen molar-refractivity contribution in [2.75, 3.05) is 45.5 Å². The van der Waals surface area contributed by atoms with Crippen LogP contribution in [0.25, 0.3) is 0 Å². The summed E-state index contributed by atoms with van der Waals surface area (Å²) < 4.78 is 24.4. The number of nitrogens with one attached hydrogen (secondary N) is 1. The maximum atomic E-state index is 10.9. The maximum Gasteiger partial charge on any atom is 0.208 e. The van der Waals surface area contributed by atoms with Crippen LogP contribution in [-0.4, -0.2) is 69.3 Å². The van der Waals surface area contributed by atoms with E-state index >= 15 is 0 Å². The molecule has 6 heteroatoms. The fourth-order valence-corrected chi connectivity index (χ4v) is 2.49. The monoisotopic (exact) mass is 263 g/mol. The average Bonchev–Trinajstić information content (AvgIpc) is 2.15. The van der Waals surface area contributed by atoms with Gasteiger partial charge in [0.15, 0.2) is 0 Å². The molecule has 0 bridgehead atoms. The van der Waals surface area contributed by atoms with Crippen LogP contribution in [0.1, 0.15) is 20.8 Å². The Bertz CT molecular complexity index is 327. The third-order valence-electron chi connectivity index (χ3n) is 3.11. The predicted molar refractivity (Wildman–Crippen MR) is 70.6 cm³/mol. The molecule has 0 spiro atoms. The van der Waals surface area contributed by atoms with Gasteiger partial charge in [-0.25, -0.2) is 13.1 Å². The Morgan fingerprint density at radius 1 is 1.12 bits per heavy atom. The lowest BCUT2D eigenvalue weighted by molar-refractivity contribution is 0.0634. The fraction of sp³-hybridized carbons (Fsp3) is 1.00. The van der Waals surface area contributed by atoms with Crippen molar-refractivity contribution in [3.05, 3.63) is 0 Å². The first kappa shape index (κ1) is 14.9. The van der Waals surface area contributed by atoms with Gasteiger partial charge in [-0.1, -0.05) is 0 Å². The third-order valence-corrected chi connectivity index (χ3v) is 3.84. The average molecular weight is 263 g/mol. The summed E-state index contributed by atoms with van der Waals surface area (Å²) in [6.45, 7) is 12.1. The van der Waals surface area contributed by atoms with Crippen molar-refractivity contribution in [2.45, 2.75) is 26.3 Å². The topological polar surface area (TPSA) is 52.6 Å². The molecule has 1 aliphatic rings. The van der Waals surface area contributed by atoms with Gasteiger partial charge in [0, 0.05) is 44.8 Å². The van der Waals surface area contributed by atoms with E-state index in [0.717, 1.165) is 32.7 Å². The van der Waals surface area contributed by atoms with E-state index in [1.807, 2.05) is 0 Å². The molecule has 1 rings (SSSR count). The molecule has 1 N–H and O–H groups in total. The Hall–Kier alpha value is -0.170. The molecule has 102 valence electrons. The second-order valence-corrected chi connectivity index (χ2v) is 7.50. The molecule has 1 heterocycles. The highest BCUT2D eigenvalue weighted by molar-refractivity contribution is 7.88. The molecule has 0 amide bonds. The van der Waals surface area contributed by atoms with Gasteiger partial charge in [0.05, 0.1) is 6.26 Å². The molecular formula is C11H25N3O2S.